The van der Waals surface area contributed by atoms with Crippen molar-refractivity contribution in [1.82, 2.24) is 9.78 Å². The fourth-order valence-corrected chi connectivity index (χ4v) is 5.27. The fraction of sp³-hybridized carbons (Fsp3) is 0.667. The summed E-state index contributed by atoms with van der Waals surface area (Å²) in [6.07, 6.45) is 6.37. The predicted octanol–water partition coefficient (Wildman–Crippen LogP) is 7.07. The molecule has 1 fully saturated rings. The van der Waals surface area contributed by atoms with Crippen LogP contribution in [0.5, 0.6) is 11.6 Å². The Bertz CT molecular complexity index is 964. The van der Waals surface area contributed by atoms with E-state index < -0.39 is 0 Å². The Morgan fingerprint density at radius 1 is 1.11 bits per heavy atom. The minimum atomic E-state index is -0.0778. The molecule has 1 aromatic carbocycles. The molecule has 1 aliphatic carbocycles. The summed E-state index contributed by atoms with van der Waals surface area (Å²) in [5.41, 5.74) is 3.52. The number of benzene rings is 1. The lowest BCUT2D eigenvalue weighted by Crippen LogP contribution is -2.30. The zero-order valence-electron chi connectivity index (χ0n) is 23.4. The first kappa shape index (κ1) is 28.1. The van der Waals surface area contributed by atoms with Crippen LogP contribution in [0.15, 0.2) is 24.3 Å². The molecule has 1 heterocycles. The quantitative estimate of drug-likeness (QED) is 0.293. The van der Waals surface area contributed by atoms with Gasteiger partial charge in [0.25, 0.3) is 0 Å². The minimum absolute atomic E-state index is 0.0778. The van der Waals surface area contributed by atoms with E-state index in [0.29, 0.717) is 24.9 Å². The number of hydrogen-bond acceptors (Lipinski definition) is 5. The van der Waals surface area contributed by atoms with Crippen molar-refractivity contribution in [3.8, 4) is 11.6 Å². The maximum absolute atomic E-state index is 12.0. The number of esters is 1. The van der Waals surface area contributed by atoms with Crippen molar-refractivity contribution in [2.75, 3.05) is 6.61 Å². The summed E-state index contributed by atoms with van der Waals surface area (Å²) in [5, 5.41) is 4.91. The highest BCUT2D eigenvalue weighted by atomic mass is 16.5. The molecule has 0 spiro atoms. The smallest absolute Gasteiger partial charge is 0.305 e. The molecular weight excluding hydrogens is 452 g/mol. The van der Waals surface area contributed by atoms with Crippen LogP contribution in [0.25, 0.3) is 0 Å². The van der Waals surface area contributed by atoms with Crippen molar-refractivity contribution >= 4 is 5.97 Å². The number of carbonyl (C=O) groups is 1. The van der Waals surface area contributed by atoms with Crippen LogP contribution in [0.4, 0.5) is 0 Å². The van der Waals surface area contributed by atoms with Crippen LogP contribution in [-0.4, -0.2) is 34.6 Å². The van der Waals surface area contributed by atoms with E-state index in [-0.39, 0.29) is 24.2 Å². The summed E-state index contributed by atoms with van der Waals surface area (Å²) < 4.78 is 19.8. The summed E-state index contributed by atoms with van der Waals surface area (Å²) in [6, 6.07) is 8.59. The molecule has 6 heteroatoms. The van der Waals surface area contributed by atoms with E-state index in [4.69, 9.17) is 19.3 Å². The summed E-state index contributed by atoms with van der Waals surface area (Å²) in [4.78, 5) is 12.0. The van der Waals surface area contributed by atoms with Gasteiger partial charge >= 0.3 is 5.97 Å². The zero-order chi connectivity index (χ0) is 26.2. The van der Waals surface area contributed by atoms with Crippen LogP contribution in [0.1, 0.15) is 103 Å². The molecule has 0 saturated heterocycles. The first-order chi connectivity index (χ1) is 17.2. The van der Waals surface area contributed by atoms with Crippen LogP contribution < -0.4 is 9.47 Å². The van der Waals surface area contributed by atoms with Crippen LogP contribution >= 0.6 is 0 Å². The summed E-state index contributed by atoms with van der Waals surface area (Å²) in [7, 11) is 0. The Kier molecular flexibility index (Phi) is 10.3. The van der Waals surface area contributed by atoms with Gasteiger partial charge in [-0.25, -0.2) is 0 Å². The molecule has 1 unspecified atom stereocenters. The lowest BCUT2D eigenvalue weighted by Gasteiger charge is -2.33. The third kappa shape index (κ3) is 8.01. The largest absolute Gasteiger partial charge is 0.491 e. The zero-order valence-corrected chi connectivity index (χ0v) is 23.4. The van der Waals surface area contributed by atoms with Gasteiger partial charge in [-0.05, 0) is 96.3 Å². The van der Waals surface area contributed by atoms with Crippen LogP contribution in [0, 0.1) is 18.8 Å². The Morgan fingerprint density at radius 2 is 1.83 bits per heavy atom. The summed E-state index contributed by atoms with van der Waals surface area (Å²) >= 11 is 0. The second kappa shape index (κ2) is 13.2. The number of ether oxygens (including phenoxy) is 3. The standard InChI is InChI=1S/C30H46N2O4/c1-8-15-34-29(33)14-11-25-16-22(6)17-27(18-25)36-30-28(23(7)32(31-30)20(2)3)19-24-9-12-26(13-10-24)35-21(4)5/h9-10,12-13,20-22,25,27H,8,11,14-19H2,1-7H3/t22-,25?,27-/m0/s1. The second-order valence-electron chi connectivity index (χ2n) is 11.1. The van der Waals surface area contributed by atoms with Gasteiger partial charge in [-0.3, -0.25) is 9.48 Å². The second-order valence-corrected chi connectivity index (χ2v) is 11.1. The third-order valence-corrected chi connectivity index (χ3v) is 6.90. The highest BCUT2D eigenvalue weighted by molar-refractivity contribution is 5.69. The SMILES string of the molecule is CCCOC(=O)CCC1C[C@H](C)C[C@H](Oc2nn(C(C)C)c(C)c2Cc2ccc(OC(C)C)cc2)C1. The fourth-order valence-electron chi connectivity index (χ4n) is 5.27. The van der Waals surface area contributed by atoms with Crippen LogP contribution in [-0.2, 0) is 16.0 Å². The lowest BCUT2D eigenvalue weighted by molar-refractivity contribution is -0.144. The van der Waals surface area contributed by atoms with Gasteiger partial charge in [0.05, 0.1) is 12.7 Å². The Labute approximate surface area is 217 Å². The van der Waals surface area contributed by atoms with Crippen molar-refractivity contribution in [2.45, 2.75) is 112 Å². The van der Waals surface area contributed by atoms with E-state index in [0.717, 1.165) is 61.4 Å². The molecule has 1 saturated carbocycles. The maximum Gasteiger partial charge on any atom is 0.305 e. The molecule has 0 N–H and O–H groups in total. The van der Waals surface area contributed by atoms with Gasteiger partial charge in [0.15, 0.2) is 0 Å². The topological polar surface area (TPSA) is 62.6 Å². The molecule has 0 radical (unpaired) electrons. The van der Waals surface area contributed by atoms with E-state index in [1.54, 1.807) is 0 Å². The Balaban J connectivity index is 1.72. The molecule has 1 aliphatic rings. The van der Waals surface area contributed by atoms with Gasteiger partial charge in [0.1, 0.15) is 11.9 Å². The monoisotopic (exact) mass is 498 g/mol. The molecule has 200 valence electrons. The molecule has 3 rings (SSSR count). The van der Waals surface area contributed by atoms with Crippen molar-refractivity contribution in [2.24, 2.45) is 11.8 Å². The molecule has 0 bridgehead atoms. The number of rotatable bonds is 12. The highest BCUT2D eigenvalue weighted by Crippen LogP contribution is 2.36. The van der Waals surface area contributed by atoms with E-state index >= 15 is 0 Å². The van der Waals surface area contributed by atoms with Gasteiger partial charge in [-0.15, -0.1) is 5.10 Å². The number of aromatic nitrogens is 2. The lowest BCUT2D eigenvalue weighted by atomic mass is 9.78. The van der Waals surface area contributed by atoms with Crippen molar-refractivity contribution < 1.29 is 19.0 Å². The van der Waals surface area contributed by atoms with E-state index in [9.17, 15) is 4.79 Å². The molecule has 1 aromatic heterocycles. The van der Waals surface area contributed by atoms with Crippen molar-refractivity contribution in [3.05, 3.63) is 41.1 Å². The van der Waals surface area contributed by atoms with E-state index in [1.165, 1.54) is 5.56 Å². The van der Waals surface area contributed by atoms with Gasteiger partial charge in [-0.1, -0.05) is 26.0 Å². The molecule has 0 aliphatic heterocycles. The molecule has 0 amide bonds. The highest BCUT2D eigenvalue weighted by Gasteiger charge is 2.30. The van der Waals surface area contributed by atoms with Gasteiger partial charge in [0, 0.05) is 30.1 Å². The number of nitrogens with zero attached hydrogens (tertiary/aromatic N) is 2. The number of hydrogen-bond donors (Lipinski definition) is 0. The molecule has 6 nitrogen and oxygen atoms in total. The maximum atomic E-state index is 12.0. The van der Waals surface area contributed by atoms with E-state index in [1.807, 2.05) is 32.9 Å². The third-order valence-electron chi connectivity index (χ3n) is 6.90. The van der Waals surface area contributed by atoms with Crippen LogP contribution in [0.2, 0.25) is 0 Å². The predicted molar refractivity (Wildman–Crippen MR) is 144 cm³/mol. The first-order valence-electron chi connectivity index (χ1n) is 13.8. The normalized spacial score (nSPS) is 20.1. The van der Waals surface area contributed by atoms with Gasteiger partial charge in [-0.2, -0.15) is 0 Å². The van der Waals surface area contributed by atoms with E-state index in [2.05, 4.69) is 44.5 Å². The number of carbonyl (C=O) groups excluding carboxylic acids is 1. The van der Waals surface area contributed by atoms with Gasteiger partial charge in [0.2, 0.25) is 5.88 Å². The Morgan fingerprint density at radius 3 is 2.47 bits per heavy atom. The molecule has 3 atom stereocenters. The molecule has 36 heavy (non-hydrogen) atoms. The Hall–Kier alpha value is -2.50. The summed E-state index contributed by atoms with van der Waals surface area (Å²) in [5.74, 6) is 2.60. The minimum Gasteiger partial charge on any atom is -0.491 e. The average Bonchev–Trinajstić information content (AvgIpc) is 3.12. The first-order valence-corrected chi connectivity index (χ1v) is 13.8. The van der Waals surface area contributed by atoms with Crippen molar-refractivity contribution in [3.63, 3.8) is 0 Å². The average molecular weight is 499 g/mol. The van der Waals surface area contributed by atoms with Crippen LogP contribution in [0.3, 0.4) is 0 Å². The summed E-state index contributed by atoms with van der Waals surface area (Å²) in [6.45, 7) is 15.3. The van der Waals surface area contributed by atoms with Crippen molar-refractivity contribution in [1.29, 1.82) is 0 Å². The van der Waals surface area contributed by atoms with Gasteiger partial charge < -0.3 is 14.2 Å². The molecule has 2 aromatic rings. The molecular formula is C30H46N2O4.